The third kappa shape index (κ3) is 3.87. The number of carbonyl (C=O) groups excluding carboxylic acids is 1. The minimum absolute atomic E-state index is 0.114. The first-order valence-electron chi connectivity index (χ1n) is 8.76. The minimum Gasteiger partial charge on any atom is -0.319 e. The first-order valence-corrected chi connectivity index (χ1v) is 9.56. The summed E-state index contributed by atoms with van der Waals surface area (Å²) in [5, 5.41) is 7.33. The van der Waals surface area contributed by atoms with Gasteiger partial charge in [0.15, 0.2) is 5.82 Å². The number of halogens is 1. The highest BCUT2D eigenvalue weighted by Gasteiger charge is 2.19. The molecule has 0 radical (unpaired) electrons. The first-order chi connectivity index (χ1) is 13.6. The van der Waals surface area contributed by atoms with Crippen LogP contribution in [-0.4, -0.2) is 20.7 Å². The molecule has 0 fully saturated rings. The van der Waals surface area contributed by atoms with Gasteiger partial charge in [0, 0.05) is 15.7 Å². The Morgan fingerprint density at radius 2 is 1.71 bits per heavy atom. The van der Waals surface area contributed by atoms with E-state index < -0.39 is 0 Å². The summed E-state index contributed by atoms with van der Waals surface area (Å²) in [7, 11) is 0. The van der Waals surface area contributed by atoms with Crippen LogP contribution in [0.25, 0.3) is 17.1 Å². The number of amides is 1. The van der Waals surface area contributed by atoms with Crippen LogP contribution in [0.3, 0.4) is 0 Å². The fourth-order valence-corrected chi connectivity index (χ4v) is 3.11. The molecule has 0 aliphatic heterocycles. The van der Waals surface area contributed by atoms with Crippen molar-refractivity contribution in [2.75, 3.05) is 5.32 Å². The number of para-hydroxylation sites is 1. The number of benzene rings is 3. The monoisotopic (exact) mass is 432 g/mol. The SMILES string of the molecule is Cc1cccc(-c2nc(C(=O)Nc3ccccc3)nn2-c2ccc(Br)cc2)c1. The van der Waals surface area contributed by atoms with E-state index in [9.17, 15) is 4.79 Å². The molecule has 4 aromatic rings. The number of nitrogens with zero attached hydrogens (tertiary/aromatic N) is 3. The Hall–Kier alpha value is -3.25. The molecular formula is C22H17BrN4O. The van der Waals surface area contributed by atoms with Crippen LogP contribution in [0.5, 0.6) is 0 Å². The lowest BCUT2D eigenvalue weighted by Gasteiger charge is -2.06. The van der Waals surface area contributed by atoms with Gasteiger partial charge in [-0.15, -0.1) is 5.10 Å². The van der Waals surface area contributed by atoms with Gasteiger partial charge in [-0.25, -0.2) is 9.67 Å². The van der Waals surface area contributed by atoms with Gasteiger partial charge in [0.25, 0.3) is 5.91 Å². The largest absolute Gasteiger partial charge is 0.319 e. The number of aromatic nitrogens is 3. The summed E-state index contributed by atoms with van der Waals surface area (Å²) in [5.41, 5.74) is 3.53. The summed E-state index contributed by atoms with van der Waals surface area (Å²) in [5.74, 6) is 0.378. The molecule has 0 saturated carbocycles. The molecule has 0 spiro atoms. The Labute approximate surface area is 171 Å². The number of hydrogen-bond donors (Lipinski definition) is 1. The van der Waals surface area contributed by atoms with E-state index in [1.54, 1.807) is 4.68 Å². The van der Waals surface area contributed by atoms with Crippen molar-refractivity contribution in [3.63, 3.8) is 0 Å². The van der Waals surface area contributed by atoms with Crippen LogP contribution >= 0.6 is 15.9 Å². The van der Waals surface area contributed by atoms with Gasteiger partial charge in [-0.3, -0.25) is 4.79 Å². The van der Waals surface area contributed by atoms with Gasteiger partial charge in [-0.2, -0.15) is 0 Å². The average Bonchev–Trinajstić information content (AvgIpc) is 3.15. The zero-order valence-corrected chi connectivity index (χ0v) is 16.7. The van der Waals surface area contributed by atoms with E-state index in [2.05, 4.69) is 31.3 Å². The van der Waals surface area contributed by atoms with Crippen LogP contribution < -0.4 is 5.32 Å². The Morgan fingerprint density at radius 3 is 2.43 bits per heavy atom. The predicted molar refractivity (Wildman–Crippen MR) is 114 cm³/mol. The zero-order chi connectivity index (χ0) is 19.5. The Balaban J connectivity index is 1.77. The minimum atomic E-state index is -0.351. The van der Waals surface area contributed by atoms with E-state index in [4.69, 9.17) is 0 Å². The highest BCUT2D eigenvalue weighted by molar-refractivity contribution is 9.10. The van der Waals surface area contributed by atoms with Crippen LogP contribution in [-0.2, 0) is 0 Å². The van der Waals surface area contributed by atoms with Crippen molar-refractivity contribution in [3.05, 3.63) is 94.7 Å². The summed E-state index contributed by atoms with van der Waals surface area (Å²) < 4.78 is 2.66. The Kier molecular flexibility index (Phi) is 5.04. The lowest BCUT2D eigenvalue weighted by molar-refractivity contribution is 0.101. The highest BCUT2D eigenvalue weighted by atomic mass is 79.9. The fourth-order valence-electron chi connectivity index (χ4n) is 2.85. The molecule has 1 aromatic heterocycles. The molecule has 138 valence electrons. The second-order valence-corrected chi connectivity index (χ2v) is 7.25. The van der Waals surface area contributed by atoms with Crippen molar-refractivity contribution in [3.8, 4) is 17.1 Å². The molecule has 0 saturated heterocycles. The van der Waals surface area contributed by atoms with Crippen molar-refractivity contribution in [1.29, 1.82) is 0 Å². The molecule has 6 heteroatoms. The van der Waals surface area contributed by atoms with E-state index in [-0.39, 0.29) is 11.7 Å². The maximum Gasteiger partial charge on any atom is 0.295 e. The number of aryl methyl sites for hydroxylation is 1. The molecule has 5 nitrogen and oxygen atoms in total. The van der Waals surface area contributed by atoms with E-state index >= 15 is 0 Å². The molecule has 28 heavy (non-hydrogen) atoms. The van der Waals surface area contributed by atoms with E-state index in [0.29, 0.717) is 11.5 Å². The van der Waals surface area contributed by atoms with Crippen molar-refractivity contribution >= 4 is 27.5 Å². The van der Waals surface area contributed by atoms with Crippen LogP contribution in [0.2, 0.25) is 0 Å². The van der Waals surface area contributed by atoms with Gasteiger partial charge >= 0.3 is 0 Å². The summed E-state index contributed by atoms with van der Waals surface area (Å²) in [4.78, 5) is 17.3. The van der Waals surface area contributed by atoms with Gasteiger partial charge in [-0.1, -0.05) is 57.9 Å². The van der Waals surface area contributed by atoms with Crippen LogP contribution in [0.1, 0.15) is 16.2 Å². The molecule has 0 aliphatic rings. The average molecular weight is 433 g/mol. The van der Waals surface area contributed by atoms with Gasteiger partial charge in [0.1, 0.15) is 0 Å². The Bertz CT molecular complexity index is 1120. The molecule has 3 aromatic carbocycles. The van der Waals surface area contributed by atoms with Crippen LogP contribution in [0.15, 0.2) is 83.3 Å². The molecule has 0 atom stereocenters. The molecule has 1 heterocycles. The van der Waals surface area contributed by atoms with Gasteiger partial charge in [0.2, 0.25) is 5.82 Å². The van der Waals surface area contributed by atoms with E-state index in [0.717, 1.165) is 21.3 Å². The number of hydrogen-bond acceptors (Lipinski definition) is 3. The van der Waals surface area contributed by atoms with Gasteiger partial charge < -0.3 is 5.32 Å². The standard InChI is InChI=1S/C22H17BrN4O/c1-15-6-5-7-16(14-15)21-25-20(22(28)24-18-8-3-2-4-9-18)26-27(21)19-12-10-17(23)11-13-19/h2-14H,1H3,(H,24,28). The third-order valence-corrected chi connectivity index (χ3v) is 4.72. The molecule has 1 amide bonds. The van der Waals surface area contributed by atoms with Gasteiger partial charge in [-0.05, 0) is 49.4 Å². The smallest absolute Gasteiger partial charge is 0.295 e. The van der Waals surface area contributed by atoms with E-state index in [1.807, 2.05) is 85.8 Å². The second kappa shape index (κ2) is 7.78. The summed E-state index contributed by atoms with van der Waals surface area (Å²) >= 11 is 3.45. The quantitative estimate of drug-likeness (QED) is 0.478. The highest BCUT2D eigenvalue weighted by Crippen LogP contribution is 2.23. The van der Waals surface area contributed by atoms with Crippen molar-refractivity contribution in [2.24, 2.45) is 0 Å². The second-order valence-electron chi connectivity index (χ2n) is 6.34. The molecular weight excluding hydrogens is 416 g/mol. The van der Waals surface area contributed by atoms with Crippen molar-refractivity contribution in [1.82, 2.24) is 14.8 Å². The zero-order valence-electron chi connectivity index (χ0n) is 15.1. The maximum absolute atomic E-state index is 12.7. The fraction of sp³-hybridized carbons (Fsp3) is 0.0455. The molecule has 0 aliphatic carbocycles. The van der Waals surface area contributed by atoms with Crippen LogP contribution in [0, 0.1) is 6.92 Å². The summed E-state index contributed by atoms with van der Waals surface area (Å²) in [6.45, 7) is 2.02. The maximum atomic E-state index is 12.7. The topological polar surface area (TPSA) is 59.8 Å². The van der Waals surface area contributed by atoms with Gasteiger partial charge in [0.05, 0.1) is 5.69 Å². The number of nitrogens with one attached hydrogen (secondary N) is 1. The van der Waals surface area contributed by atoms with Crippen LogP contribution in [0.4, 0.5) is 5.69 Å². The number of carbonyl (C=O) groups is 1. The predicted octanol–water partition coefficient (Wildman–Crippen LogP) is 5.26. The van der Waals surface area contributed by atoms with E-state index in [1.165, 1.54) is 0 Å². The normalized spacial score (nSPS) is 10.6. The third-order valence-electron chi connectivity index (χ3n) is 4.19. The number of rotatable bonds is 4. The lowest BCUT2D eigenvalue weighted by atomic mass is 10.1. The van der Waals surface area contributed by atoms with Crippen molar-refractivity contribution in [2.45, 2.75) is 6.92 Å². The summed E-state index contributed by atoms with van der Waals surface area (Å²) in [6, 6.07) is 25.0. The molecule has 1 N–H and O–H groups in total. The van der Waals surface area contributed by atoms with Crippen molar-refractivity contribution < 1.29 is 4.79 Å². The molecule has 0 unspecified atom stereocenters. The number of anilines is 1. The molecule has 0 bridgehead atoms. The molecule has 4 rings (SSSR count). The first kappa shape index (κ1) is 18.1. The Morgan fingerprint density at radius 1 is 0.964 bits per heavy atom. The summed E-state index contributed by atoms with van der Waals surface area (Å²) in [6.07, 6.45) is 0. The lowest BCUT2D eigenvalue weighted by Crippen LogP contribution is -2.14.